The van der Waals surface area contributed by atoms with Crippen molar-refractivity contribution < 1.29 is 9.32 Å². The Bertz CT molecular complexity index is 373. The van der Waals surface area contributed by atoms with Crippen molar-refractivity contribution in [1.29, 1.82) is 0 Å². The van der Waals surface area contributed by atoms with E-state index in [2.05, 4.69) is 5.16 Å². The van der Waals surface area contributed by atoms with Crippen LogP contribution in [-0.2, 0) is 6.42 Å². The van der Waals surface area contributed by atoms with Crippen LogP contribution < -0.4 is 0 Å². The molecule has 0 bridgehead atoms. The molecule has 0 amide bonds. The molecule has 1 aliphatic carbocycles. The zero-order chi connectivity index (χ0) is 10.8. The quantitative estimate of drug-likeness (QED) is 0.746. The molecule has 0 saturated heterocycles. The van der Waals surface area contributed by atoms with E-state index in [1.807, 2.05) is 6.92 Å². The molecule has 1 unspecified atom stereocenters. The van der Waals surface area contributed by atoms with Gasteiger partial charge in [0.2, 0.25) is 0 Å². The van der Waals surface area contributed by atoms with Crippen molar-refractivity contribution in [3.05, 3.63) is 17.0 Å². The fourth-order valence-electron chi connectivity index (χ4n) is 2.14. The second-order valence-corrected chi connectivity index (χ2v) is 4.38. The van der Waals surface area contributed by atoms with Crippen LogP contribution in [0.2, 0.25) is 0 Å². The number of halogens is 1. The maximum absolute atomic E-state index is 12.1. The lowest BCUT2D eigenvalue weighted by atomic mass is 9.83. The number of carbonyl (C=O) groups excluding carboxylic acids is 1. The third-order valence-corrected chi connectivity index (χ3v) is 3.22. The fraction of sp³-hybridized carbons (Fsp3) is 0.636. The molecule has 0 spiro atoms. The summed E-state index contributed by atoms with van der Waals surface area (Å²) in [5, 5.41) is 3.84. The van der Waals surface area contributed by atoms with Crippen molar-refractivity contribution >= 4 is 17.4 Å². The van der Waals surface area contributed by atoms with Gasteiger partial charge < -0.3 is 4.52 Å². The van der Waals surface area contributed by atoms with Gasteiger partial charge in [-0.2, -0.15) is 0 Å². The number of nitrogens with zero attached hydrogens (tertiary/aromatic N) is 1. The lowest BCUT2D eigenvalue weighted by Crippen LogP contribution is -2.22. The Morgan fingerprint density at radius 2 is 2.40 bits per heavy atom. The van der Waals surface area contributed by atoms with E-state index in [0.29, 0.717) is 5.88 Å². The average Bonchev–Trinajstić information content (AvgIpc) is 2.60. The first-order chi connectivity index (χ1) is 7.24. The van der Waals surface area contributed by atoms with E-state index in [1.165, 1.54) is 0 Å². The maximum Gasteiger partial charge on any atom is 0.171 e. The van der Waals surface area contributed by atoms with Gasteiger partial charge in [-0.15, -0.1) is 11.6 Å². The van der Waals surface area contributed by atoms with Crippen LogP contribution in [-0.4, -0.2) is 16.8 Å². The molecule has 2 rings (SSSR count). The molecule has 0 fully saturated rings. The molecular formula is C11H14ClNO2. The van der Waals surface area contributed by atoms with Crippen molar-refractivity contribution in [2.75, 3.05) is 5.88 Å². The number of aromatic nitrogens is 1. The maximum atomic E-state index is 12.1. The lowest BCUT2D eigenvalue weighted by Gasteiger charge is -2.19. The first-order valence-corrected chi connectivity index (χ1v) is 5.82. The zero-order valence-electron chi connectivity index (χ0n) is 8.75. The molecule has 0 radical (unpaired) electrons. The molecule has 4 heteroatoms. The molecule has 1 heterocycles. The molecule has 0 saturated carbocycles. The second-order valence-electron chi connectivity index (χ2n) is 4.00. The molecule has 0 aromatic carbocycles. The molecule has 1 aromatic heterocycles. The molecule has 3 nitrogen and oxygen atoms in total. The van der Waals surface area contributed by atoms with Gasteiger partial charge in [0, 0.05) is 18.2 Å². The predicted molar refractivity (Wildman–Crippen MR) is 57.3 cm³/mol. The van der Waals surface area contributed by atoms with E-state index in [-0.39, 0.29) is 11.7 Å². The first kappa shape index (κ1) is 10.7. The third kappa shape index (κ3) is 1.93. The minimum absolute atomic E-state index is 0.120. The Morgan fingerprint density at radius 3 is 3.13 bits per heavy atom. The summed E-state index contributed by atoms with van der Waals surface area (Å²) in [4.78, 5) is 12.1. The van der Waals surface area contributed by atoms with Gasteiger partial charge in [0.25, 0.3) is 0 Å². The van der Waals surface area contributed by atoms with Gasteiger partial charge in [-0.05, 0) is 26.2 Å². The van der Waals surface area contributed by atoms with Crippen LogP contribution >= 0.6 is 11.6 Å². The van der Waals surface area contributed by atoms with Gasteiger partial charge in [-0.1, -0.05) is 5.16 Å². The number of ketones is 1. The zero-order valence-corrected chi connectivity index (χ0v) is 9.51. The van der Waals surface area contributed by atoms with E-state index >= 15 is 0 Å². The highest BCUT2D eigenvalue weighted by Gasteiger charge is 2.31. The Balaban J connectivity index is 2.17. The fourth-order valence-corrected chi connectivity index (χ4v) is 2.30. The number of aryl methyl sites for hydroxylation is 2. The topological polar surface area (TPSA) is 43.1 Å². The number of carbonyl (C=O) groups is 1. The highest BCUT2D eigenvalue weighted by atomic mass is 35.5. The van der Waals surface area contributed by atoms with Gasteiger partial charge >= 0.3 is 0 Å². The Morgan fingerprint density at radius 1 is 1.60 bits per heavy atom. The Labute approximate surface area is 93.8 Å². The van der Waals surface area contributed by atoms with Crippen molar-refractivity contribution in [3.8, 4) is 0 Å². The average molecular weight is 228 g/mol. The smallest absolute Gasteiger partial charge is 0.171 e. The molecule has 0 aliphatic heterocycles. The second kappa shape index (κ2) is 4.35. The van der Waals surface area contributed by atoms with Gasteiger partial charge in [0.15, 0.2) is 5.78 Å². The van der Waals surface area contributed by atoms with E-state index in [9.17, 15) is 4.79 Å². The summed E-state index contributed by atoms with van der Waals surface area (Å²) in [6.07, 6.45) is 3.48. The third-order valence-electron chi connectivity index (χ3n) is 2.96. The highest BCUT2D eigenvalue weighted by molar-refractivity contribution is 6.17. The number of rotatable bonds is 3. The minimum Gasteiger partial charge on any atom is -0.360 e. The highest BCUT2D eigenvalue weighted by Crippen LogP contribution is 2.30. The summed E-state index contributed by atoms with van der Waals surface area (Å²) in [6, 6.07) is 0. The molecule has 1 aromatic rings. The largest absolute Gasteiger partial charge is 0.360 e. The predicted octanol–water partition coefficient (Wildman–Crippen LogP) is 2.75. The number of Topliss-reactive ketones (excluding diaryl/α,β-unsaturated/α-hetero) is 1. The van der Waals surface area contributed by atoms with Crippen LogP contribution in [0.25, 0.3) is 0 Å². The van der Waals surface area contributed by atoms with Gasteiger partial charge in [-0.25, -0.2) is 0 Å². The van der Waals surface area contributed by atoms with Crippen LogP contribution in [0, 0.1) is 12.8 Å². The van der Waals surface area contributed by atoms with Crippen molar-refractivity contribution in [2.24, 2.45) is 5.92 Å². The van der Waals surface area contributed by atoms with E-state index in [4.69, 9.17) is 16.1 Å². The summed E-state index contributed by atoms with van der Waals surface area (Å²) < 4.78 is 5.11. The summed E-state index contributed by atoms with van der Waals surface area (Å²) in [5.74, 6) is 1.70. The minimum atomic E-state index is 0.120. The van der Waals surface area contributed by atoms with E-state index in [0.717, 1.165) is 42.7 Å². The molecule has 15 heavy (non-hydrogen) atoms. The SMILES string of the molecule is Cc1noc2c1C(=O)C(CCCCl)CC2. The van der Waals surface area contributed by atoms with Crippen molar-refractivity contribution in [3.63, 3.8) is 0 Å². The Hall–Kier alpha value is -0.830. The van der Waals surface area contributed by atoms with Crippen molar-refractivity contribution in [2.45, 2.75) is 32.6 Å². The van der Waals surface area contributed by atoms with Gasteiger partial charge in [0.1, 0.15) is 5.76 Å². The van der Waals surface area contributed by atoms with Gasteiger partial charge in [-0.3, -0.25) is 4.79 Å². The summed E-state index contributed by atoms with van der Waals surface area (Å²) in [7, 11) is 0. The molecular weight excluding hydrogens is 214 g/mol. The standard InChI is InChI=1S/C11H14ClNO2/c1-7-10-9(15-13-7)5-4-8(11(10)14)3-2-6-12/h8H,2-6H2,1H3. The number of alkyl halides is 1. The lowest BCUT2D eigenvalue weighted by molar-refractivity contribution is 0.0888. The normalized spacial score (nSPS) is 20.4. The van der Waals surface area contributed by atoms with Crippen LogP contribution in [0.1, 0.15) is 41.1 Å². The molecule has 1 aliphatic rings. The molecule has 82 valence electrons. The number of hydrogen-bond acceptors (Lipinski definition) is 3. The van der Waals surface area contributed by atoms with Crippen LogP contribution in [0.3, 0.4) is 0 Å². The summed E-state index contributed by atoms with van der Waals surface area (Å²) in [6.45, 7) is 1.82. The number of hydrogen-bond donors (Lipinski definition) is 0. The molecule has 1 atom stereocenters. The van der Waals surface area contributed by atoms with Crippen LogP contribution in [0.4, 0.5) is 0 Å². The van der Waals surface area contributed by atoms with E-state index in [1.54, 1.807) is 0 Å². The number of fused-ring (bicyclic) bond motifs is 1. The van der Waals surface area contributed by atoms with Gasteiger partial charge in [0.05, 0.1) is 11.3 Å². The van der Waals surface area contributed by atoms with Crippen LogP contribution in [0.5, 0.6) is 0 Å². The van der Waals surface area contributed by atoms with Crippen molar-refractivity contribution in [1.82, 2.24) is 5.16 Å². The van der Waals surface area contributed by atoms with E-state index < -0.39 is 0 Å². The summed E-state index contributed by atoms with van der Waals surface area (Å²) in [5.41, 5.74) is 1.45. The van der Waals surface area contributed by atoms with Crippen LogP contribution in [0.15, 0.2) is 4.52 Å². The first-order valence-electron chi connectivity index (χ1n) is 5.29. The molecule has 0 N–H and O–H groups in total. The monoisotopic (exact) mass is 227 g/mol. The Kier molecular flexibility index (Phi) is 3.10. The summed E-state index contributed by atoms with van der Waals surface area (Å²) >= 11 is 5.64.